The monoisotopic (exact) mass is 278 g/mol. The van der Waals surface area contributed by atoms with Crippen LogP contribution < -0.4 is 0 Å². The molecule has 108 valence electrons. The fraction of sp³-hybridized carbons (Fsp3) is 0.500. The summed E-state index contributed by atoms with van der Waals surface area (Å²) in [6.07, 6.45) is 1.84. The van der Waals surface area contributed by atoms with E-state index in [1.807, 2.05) is 6.92 Å². The molecule has 1 fully saturated rings. The Morgan fingerprint density at radius 2 is 2.20 bits per heavy atom. The Morgan fingerprint density at radius 1 is 1.45 bits per heavy atom. The van der Waals surface area contributed by atoms with Gasteiger partial charge in [0.05, 0.1) is 12.6 Å². The summed E-state index contributed by atoms with van der Waals surface area (Å²) < 4.78 is 5.39. The Labute approximate surface area is 117 Å². The molecule has 0 spiro atoms. The highest BCUT2D eigenvalue weighted by molar-refractivity contribution is 5.94. The number of hydrogen-bond acceptors (Lipinski definition) is 4. The number of hydrogen-bond donors (Lipinski definition) is 1. The normalized spacial score (nSPS) is 18.2. The van der Waals surface area contributed by atoms with Gasteiger partial charge in [-0.25, -0.2) is 9.78 Å². The molecule has 2 rings (SSSR count). The van der Waals surface area contributed by atoms with Crippen molar-refractivity contribution in [2.45, 2.75) is 25.8 Å². The fourth-order valence-corrected chi connectivity index (χ4v) is 2.35. The van der Waals surface area contributed by atoms with E-state index in [1.165, 1.54) is 12.1 Å². The Morgan fingerprint density at radius 3 is 2.90 bits per heavy atom. The maximum atomic E-state index is 12.4. The van der Waals surface area contributed by atoms with Gasteiger partial charge in [-0.1, -0.05) is 6.07 Å². The van der Waals surface area contributed by atoms with Gasteiger partial charge in [0.15, 0.2) is 0 Å². The summed E-state index contributed by atoms with van der Waals surface area (Å²) in [7, 11) is 0. The number of rotatable bonds is 5. The van der Waals surface area contributed by atoms with E-state index in [0.717, 1.165) is 12.8 Å². The number of carbonyl (C=O) groups is 2. The van der Waals surface area contributed by atoms with E-state index in [9.17, 15) is 9.59 Å². The molecule has 2 heterocycles. The van der Waals surface area contributed by atoms with Crippen LogP contribution in [-0.4, -0.2) is 52.7 Å². The number of carbonyl (C=O) groups excluding carboxylic acids is 1. The third kappa shape index (κ3) is 3.14. The van der Waals surface area contributed by atoms with Gasteiger partial charge in [0, 0.05) is 13.2 Å². The predicted molar refractivity (Wildman–Crippen MR) is 71.7 cm³/mol. The topological polar surface area (TPSA) is 79.7 Å². The second-order valence-electron chi connectivity index (χ2n) is 4.67. The molecule has 1 amide bonds. The number of nitrogens with zero attached hydrogens (tertiary/aromatic N) is 2. The van der Waals surface area contributed by atoms with Crippen LogP contribution in [0.15, 0.2) is 18.2 Å². The summed E-state index contributed by atoms with van der Waals surface area (Å²) in [4.78, 5) is 28.9. The zero-order chi connectivity index (χ0) is 14.5. The summed E-state index contributed by atoms with van der Waals surface area (Å²) in [6.45, 7) is 3.71. The lowest BCUT2D eigenvalue weighted by molar-refractivity contribution is 0.0559. The van der Waals surface area contributed by atoms with Crippen molar-refractivity contribution in [3.05, 3.63) is 29.6 Å². The molecule has 0 aliphatic carbocycles. The third-order valence-electron chi connectivity index (χ3n) is 3.34. The van der Waals surface area contributed by atoms with Crippen LogP contribution in [-0.2, 0) is 4.74 Å². The maximum absolute atomic E-state index is 12.4. The number of amides is 1. The molecule has 0 bridgehead atoms. The number of aromatic nitrogens is 1. The van der Waals surface area contributed by atoms with Crippen LogP contribution in [0.4, 0.5) is 0 Å². The van der Waals surface area contributed by atoms with Gasteiger partial charge in [0.2, 0.25) is 0 Å². The third-order valence-corrected chi connectivity index (χ3v) is 3.34. The Hall–Kier alpha value is -1.95. The van der Waals surface area contributed by atoms with E-state index in [2.05, 4.69) is 4.98 Å². The van der Waals surface area contributed by atoms with Gasteiger partial charge in [-0.2, -0.15) is 0 Å². The zero-order valence-corrected chi connectivity index (χ0v) is 11.4. The summed E-state index contributed by atoms with van der Waals surface area (Å²) in [6, 6.07) is 4.51. The van der Waals surface area contributed by atoms with Crippen LogP contribution in [0.3, 0.4) is 0 Å². The van der Waals surface area contributed by atoms with Crippen molar-refractivity contribution < 1.29 is 19.4 Å². The molecule has 1 aliphatic heterocycles. The first kappa shape index (κ1) is 14.5. The van der Waals surface area contributed by atoms with Crippen molar-refractivity contribution in [2.75, 3.05) is 19.8 Å². The molecular formula is C14H18N2O4. The quantitative estimate of drug-likeness (QED) is 0.881. The van der Waals surface area contributed by atoms with Gasteiger partial charge in [-0.15, -0.1) is 0 Å². The first-order valence-corrected chi connectivity index (χ1v) is 6.72. The summed E-state index contributed by atoms with van der Waals surface area (Å²) in [5.74, 6) is -1.36. The van der Waals surface area contributed by atoms with Crippen LogP contribution in [0, 0.1) is 0 Å². The lowest BCUT2D eigenvalue weighted by Crippen LogP contribution is -2.38. The molecule has 1 N–H and O–H groups in total. The molecule has 6 heteroatoms. The molecule has 1 atom stereocenters. The van der Waals surface area contributed by atoms with E-state index in [0.29, 0.717) is 19.8 Å². The van der Waals surface area contributed by atoms with Crippen molar-refractivity contribution in [3.63, 3.8) is 0 Å². The molecule has 1 unspecified atom stereocenters. The first-order chi connectivity index (χ1) is 9.63. The molecule has 1 aromatic heterocycles. The number of pyridine rings is 1. The van der Waals surface area contributed by atoms with Crippen molar-refractivity contribution in [3.8, 4) is 0 Å². The van der Waals surface area contributed by atoms with Gasteiger partial charge in [-0.05, 0) is 31.9 Å². The molecule has 0 radical (unpaired) electrons. The van der Waals surface area contributed by atoms with Crippen LogP contribution in [0.2, 0.25) is 0 Å². The average molecular weight is 278 g/mol. The number of carboxylic acids is 1. The molecule has 6 nitrogen and oxygen atoms in total. The van der Waals surface area contributed by atoms with E-state index in [-0.39, 0.29) is 23.3 Å². The van der Waals surface area contributed by atoms with E-state index < -0.39 is 5.97 Å². The Bertz CT molecular complexity index is 504. The zero-order valence-electron chi connectivity index (χ0n) is 11.4. The Kier molecular flexibility index (Phi) is 4.68. The minimum absolute atomic E-state index is 0.0535. The van der Waals surface area contributed by atoms with E-state index in [1.54, 1.807) is 11.0 Å². The highest BCUT2D eigenvalue weighted by Gasteiger charge is 2.30. The van der Waals surface area contributed by atoms with Gasteiger partial charge in [-0.3, -0.25) is 4.79 Å². The fourth-order valence-electron chi connectivity index (χ4n) is 2.35. The van der Waals surface area contributed by atoms with E-state index >= 15 is 0 Å². The Balaban J connectivity index is 2.13. The molecular weight excluding hydrogens is 260 g/mol. The van der Waals surface area contributed by atoms with Crippen LogP contribution in [0.5, 0.6) is 0 Å². The minimum atomic E-state index is -1.13. The summed E-state index contributed by atoms with van der Waals surface area (Å²) in [5.41, 5.74) is 0.0599. The molecule has 1 aromatic rings. The highest BCUT2D eigenvalue weighted by Crippen LogP contribution is 2.20. The first-order valence-electron chi connectivity index (χ1n) is 6.72. The van der Waals surface area contributed by atoms with Crippen LogP contribution >= 0.6 is 0 Å². The lowest BCUT2D eigenvalue weighted by atomic mass is 10.2. The number of ether oxygens (including phenoxy) is 1. The molecule has 0 saturated carbocycles. The van der Waals surface area contributed by atoms with Crippen LogP contribution in [0.25, 0.3) is 0 Å². The summed E-state index contributed by atoms with van der Waals surface area (Å²) >= 11 is 0. The standard InChI is InChI=1S/C14H18N2O4/c1-2-20-9-10-5-4-8-16(10)13(17)11-6-3-7-12(15-11)14(18)19/h3,6-7,10H,2,4-5,8-9H2,1H3,(H,18,19). The van der Waals surface area contributed by atoms with Crippen molar-refractivity contribution in [2.24, 2.45) is 0 Å². The average Bonchev–Trinajstić information content (AvgIpc) is 2.92. The molecule has 1 aliphatic rings. The van der Waals surface area contributed by atoms with Crippen LogP contribution in [0.1, 0.15) is 40.7 Å². The summed E-state index contributed by atoms with van der Waals surface area (Å²) in [5, 5.41) is 8.92. The second-order valence-corrected chi connectivity index (χ2v) is 4.67. The number of carboxylic acid groups (broad SMARTS) is 1. The van der Waals surface area contributed by atoms with Crippen molar-refractivity contribution in [1.82, 2.24) is 9.88 Å². The smallest absolute Gasteiger partial charge is 0.354 e. The maximum Gasteiger partial charge on any atom is 0.354 e. The van der Waals surface area contributed by atoms with Crippen molar-refractivity contribution in [1.29, 1.82) is 0 Å². The second kappa shape index (κ2) is 6.47. The lowest BCUT2D eigenvalue weighted by Gasteiger charge is -2.24. The largest absolute Gasteiger partial charge is 0.477 e. The molecule has 0 aromatic carbocycles. The molecule has 20 heavy (non-hydrogen) atoms. The van der Waals surface area contributed by atoms with E-state index in [4.69, 9.17) is 9.84 Å². The minimum Gasteiger partial charge on any atom is -0.477 e. The van der Waals surface area contributed by atoms with Crippen molar-refractivity contribution >= 4 is 11.9 Å². The van der Waals surface area contributed by atoms with Gasteiger partial charge >= 0.3 is 5.97 Å². The highest BCUT2D eigenvalue weighted by atomic mass is 16.5. The molecule has 1 saturated heterocycles. The number of likely N-dealkylation sites (tertiary alicyclic amines) is 1. The van der Waals surface area contributed by atoms with Gasteiger partial charge < -0.3 is 14.7 Å². The van der Waals surface area contributed by atoms with Gasteiger partial charge in [0.25, 0.3) is 5.91 Å². The number of aromatic carboxylic acids is 1. The SMILES string of the molecule is CCOCC1CCCN1C(=O)c1cccc(C(=O)O)n1. The predicted octanol–water partition coefficient (Wildman–Crippen LogP) is 1.42. The van der Waals surface area contributed by atoms with Gasteiger partial charge in [0.1, 0.15) is 11.4 Å².